The number of carboxylic acids is 1. The molecule has 0 aliphatic carbocycles. The summed E-state index contributed by atoms with van der Waals surface area (Å²) in [6, 6.07) is 6.79. The standard InChI is InChI=1S/C16H21NO4S/c1-3-13-11-17(9-8-14(13)10-16(18)19)22(20,21)15-6-4-12(2)5-7-15/h3-7,14H,8-11H2,1-2H3,(H,18,19). The molecule has 1 saturated heterocycles. The highest BCUT2D eigenvalue weighted by Crippen LogP contribution is 2.29. The van der Waals surface area contributed by atoms with Gasteiger partial charge < -0.3 is 5.11 Å². The minimum absolute atomic E-state index is 0.0537. The molecule has 1 atom stereocenters. The molecule has 5 nitrogen and oxygen atoms in total. The maximum atomic E-state index is 12.7. The van der Waals surface area contributed by atoms with Gasteiger partial charge in [0, 0.05) is 13.1 Å². The summed E-state index contributed by atoms with van der Waals surface area (Å²) >= 11 is 0. The summed E-state index contributed by atoms with van der Waals surface area (Å²) in [5.74, 6) is -0.925. The summed E-state index contributed by atoms with van der Waals surface area (Å²) < 4.78 is 26.8. The van der Waals surface area contributed by atoms with Crippen LogP contribution in [0.5, 0.6) is 0 Å². The van der Waals surface area contributed by atoms with Crippen LogP contribution in [0, 0.1) is 12.8 Å². The van der Waals surface area contributed by atoms with E-state index >= 15 is 0 Å². The van der Waals surface area contributed by atoms with Crippen LogP contribution >= 0.6 is 0 Å². The lowest BCUT2D eigenvalue weighted by atomic mass is 9.89. The second-order valence-electron chi connectivity index (χ2n) is 5.60. The molecule has 120 valence electrons. The number of allylic oxidation sites excluding steroid dienone is 1. The van der Waals surface area contributed by atoms with Gasteiger partial charge in [-0.3, -0.25) is 4.79 Å². The van der Waals surface area contributed by atoms with E-state index in [0.29, 0.717) is 13.0 Å². The minimum atomic E-state index is -3.53. The molecule has 1 aliphatic heterocycles. The number of benzene rings is 1. The van der Waals surface area contributed by atoms with Gasteiger partial charge in [-0.05, 0) is 38.3 Å². The lowest BCUT2D eigenvalue weighted by molar-refractivity contribution is -0.137. The van der Waals surface area contributed by atoms with E-state index in [2.05, 4.69) is 0 Å². The Morgan fingerprint density at radius 3 is 2.55 bits per heavy atom. The fourth-order valence-corrected chi connectivity index (χ4v) is 4.18. The van der Waals surface area contributed by atoms with Crippen LogP contribution in [0.4, 0.5) is 0 Å². The largest absolute Gasteiger partial charge is 0.481 e. The topological polar surface area (TPSA) is 74.7 Å². The Morgan fingerprint density at radius 2 is 2.00 bits per heavy atom. The van der Waals surface area contributed by atoms with E-state index in [1.807, 2.05) is 19.9 Å². The number of nitrogens with zero attached hydrogens (tertiary/aromatic N) is 1. The first kappa shape index (κ1) is 16.7. The zero-order valence-electron chi connectivity index (χ0n) is 12.8. The molecule has 22 heavy (non-hydrogen) atoms. The van der Waals surface area contributed by atoms with Gasteiger partial charge in [0.15, 0.2) is 0 Å². The van der Waals surface area contributed by atoms with Crippen LogP contribution in [0.1, 0.15) is 25.3 Å². The number of rotatable bonds is 4. The third-order valence-electron chi connectivity index (χ3n) is 4.06. The highest BCUT2D eigenvalue weighted by molar-refractivity contribution is 7.89. The SMILES string of the molecule is CC=C1CN(S(=O)(=O)c2ccc(C)cc2)CCC1CC(=O)O. The molecule has 0 amide bonds. The molecule has 0 saturated carbocycles. The predicted octanol–water partition coefficient (Wildman–Crippen LogP) is 2.43. The number of sulfonamides is 1. The van der Waals surface area contributed by atoms with Gasteiger partial charge in [0.25, 0.3) is 0 Å². The highest BCUT2D eigenvalue weighted by Gasteiger charge is 2.32. The molecule has 1 aromatic carbocycles. The van der Waals surface area contributed by atoms with Gasteiger partial charge in [0.05, 0.1) is 11.3 Å². The predicted molar refractivity (Wildman–Crippen MR) is 84.1 cm³/mol. The fraction of sp³-hybridized carbons (Fsp3) is 0.438. The van der Waals surface area contributed by atoms with Gasteiger partial charge in [0.2, 0.25) is 10.0 Å². The van der Waals surface area contributed by atoms with Crippen LogP contribution in [-0.2, 0) is 14.8 Å². The van der Waals surface area contributed by atoms with Crippen molar-refractivity contribution in [2.45, 2.75) is 31.6 Å². The fourth-order valence-electron chi connectivity index (χ4n) is 2.73. The summed E-state index contributed by atoms with van der Waals surface area (Å²) in [5.41, 5.74) is 1.89. The summed E-state index contributed by atoms with van der Waals surface area (Å²) in [4.78, 5) is 11.2. The van der Waals surface area contributed by atoms with Crippen molar-refractivity contribution in [2.24, 2.45) is 5.92 Å². The molecule has 1 heterocycles. The van der Waals surface area contributed by atoms with Gasteiger partial charge in [-0.2, -0.15) is 4.31 Å². The number of aryl methyl sites for hydroxylation is 1. The Balaban J connectivity index is 2.20. The van der Waals surface area contributed by atoms with Crippen molar-refractivity contribution in [3.05, 3.63) is 41.5 Å². The van der Waals surface area contributed by atoms with Crippen molar-refractivity contribution in [3.63, 3.8) is 0 Å². The molecule has 6 heteroatoms. The van der Waals surface area contributed by atoms with Crippen molar-refractivity contribution < 1.29 is 18.3 Å². The molecule has 1 aliphatic rings. The molecule has 0 aromatic heterocycles. The van der Waals surface area contributed by atoms with Gasteiger partial charge in [-0.1, -0.05) is 29.3 Å². The first-order valence-corrected chi connectivity index (χ1v) is 8.72. The van der Waals surface area contributed by atoms with Crippen LogP contribution in [0.2, 0.25) is 0 Å². The van der Waals surface area contributed by atoms with Crippen molar-refractivity contribution in [1.29, 1.82) is 0 Å². The first-order valence-electron chi connectivity index (χ1n) is 7.28. The van der Waals surface area contributed by atoms with E-state index in [1.54, 1.807) is 24.3 Å². The van der Waals surface area contributed by atoms with Crippen LogP contribution in [0.25, 0.3) is 0 Å². The molecule has 1 aromatic rings. The van der Waals surface area contributed by atoms with E-state index < -0.39 is 16.0 Å². The van der Waals surface area contributed by atoms with Crippen molar-refractivity contribution >= 4 is 16.0 Å². The van der Waals surface area contributed by atoms with Gasteiger partial charge in [0.1, 0.15) is 0 Å². The Morgan fingerprint density at radius 1 is 1.36 bits per heavy atom. The van der Waals surface area contributed by atoms with Crippen LogP contribution in [0.3, 0.4) is 0 Å². The smallest absolute Gasteiger partial charge is 0.303 e. The summed E-state index contributed by atoms with van der Waals surface area (Å²) in [7, 11) is -3.53. The lowest BCUT2D eigenvalue weighted by Gasteiger charge is -2.33. The van der Waals surface area contributed by atoms with E-state index in [9.17, 15) is 13.2 Å². The molecule has 0 spiro atoms. The maximum absolute atomic E-state index is 12.7. The zero-order valence-corrected chi connectivity index (χ0v) is 13.6. The molecule has 1 fully saturated rings. The molecule has 1 N–H and O–H groups in total. The Bertz CT molecular complexity index is 677. The third kappa shape index (κ3) is 3.56. The third-order valence-corrected chi connectivity index (χ3v) is 5.92. The average Bonchev–Trinajstić information content (AvgIpc) is 2.47. The number of hydrogen-bond donors (Lipinski definition) is 1. The Labute approximate surface area is 131 Å². The summed E-state index contributed by atoms with van der Waals surface area (Å²) in [5, 5.41) is 8.95. The number of carbonyl (C=O) groups is 1. The van der Waals surface area contributed by atoms with Crippen LogP contribution in [-0.4, -0.2) is 36.9 Å². The van der Waals surface area contributed by atoms with Crippen LogP contribution in [0.15, 0.2) is 40.8 Å². The second kappa shape index (κ2) is 6.62. The normalized spacial score (nSPS) is 21.9. The molecule has 1 unspecified atom stereocenters. The number of piperidine rings is 1. The van der Waals surface area contributed by atoms with Gasteiger partial charge >= 0.3 is 5.97 Å². The number of aliphatic carboxylic acids is 1. The monoisotopic (exact) mass is 323 g/mol. The highest BCUT2D eigenvalue weighted by atomic mass is 32.2. The molecule has 2 rings (SSSR count). The zero-order chi connectivity index (χ0) is 16.3. The quantitative estimate of drug-likeness (QED) is 0.864. The van der Waals surface area contributed by atoms with E-state index in [1.165, 1.54) is 4.31 Å². The average molecular weight is 323 g/mol. The first-order chi connectivity index (χ1) is 10.3. The van der Waals surface area contributed by atoms with Gasteiger partial charge in [-0.25, -0.2) is 8.42 Å². The lowest BCUT2D eigenvalue weighted by Crippen LogP contribution is -2.40. The molecular formula is C16H21NO4S. The minimum Gasteiger partial charge on any atom is -0.481 e. The van der Waals surface area contributed by atoms with Crippen molar-refractivity contribution in [1.82, 2.24) is 4.31 Å². The summed E-state index contributed by atoms with van der Waals surface area (Å²) in [6.45, 7) is 4.36. The van der Waals surface area contributed by atoms with Crippen molar-refractivity contribution in [3.8, 4) is 0 Å². The number of hydrogen-bond acceptors (Lipinski definition) is 3. The summed E-state index contributed by atoms with van der Waals surface area (Å²) in [6.07, 6.45) is 2.43. The Hall–Kier alpha value is -1.66. The van der Waals surface area contributed by atoms with E-state index in [-0.39, 0.29) is 23.8 Å². The van der Waals surface area contributed by atoms with Crippen molar-refractivity contribution in [2.75, 3.05) is 13.1 Å². The second-order valence-corrected chi connectivity index (χ2v) is 7.54. The molecule has 0 radical (unpaired) electrons. The maximum Gasteiger partial charge on any atom is 0.303 e. The number of carboxylic acid groups (broad SMARTS) is 1. The Kier molecular flexibility index (Phi) is 5.03. The van der Waals surface area contributed by atoms with Crippen LogP contribution < -0.4 is 0 Å². The molecule has 0 bridgehead atoms. The molecular weight excluding hydrogens is 302 g/mol. The van der Waals surface area contributed by atoms with E-state index in [4.69, 9.17) is 5.11 Å². The van der Waals surface area contributed by atoms with E-state index in [0.717, 1.165) is 11.1 Å². The van der Waals surface area contributed by atoms with Gasteiger partial charge in [-0.15, -0.1) is 0 Å².